The molecule has 0 aliphatic rings. The average Bonchev–Trinajstić information content (AvgIpc) is 2.24. The van der Waals surface area contributed by atoms with Gasteiger partial charge in [-0.2, -0.15) is 0 Å². The minimum absolute atomic E-state index is 0.619. The van der Waals surface area contributed by atoms with Gasteiger partial charge in [-0.25, -0.2) is 0 Å². The van der Waals surface area contributed by atoms with E-state index in [1.54, 1.807) is 0 Å². The summed E-state index contributed by atoms with van der Waals surface area (Å²) >= 11 is 6.06. The molecular weight excluding hydrogens is 244 g/mol. The maximum Gasteiger partial charge on any atom is 0.0656 e. The number of aryl methyl sites for hydroxylation is 1. The van der Waals surface area contributed by atoms with Gasteiger partial charge in [0.2, 0.25) is 0 Å². The highest BCUT2D eigenvalue weighted by Gasteiger charge is 2.17. The van der Waals surface area contributed by atoms with Crippen LogP contribution in [-0.2, 0) is 0 Å². The smallest absolute Gasteiger partial charge is 0.0656 e. The van der Waals surface area contributed by atoms with E-state index in [4.69, 9.17) is 17.3 Å². The van der Waals surface area contributed by atoms with Crippen LogP contribution >= 0.6 is 11.6 Å². The first kappa shape index (κ1) is 15.2. The second kappa shape index (κ2) is 6.33. The molecule has 0 unspecified atom stereocenters. The maximum absolute atomic E-state index is 6.06. The van der Waals surface area contributed by atoms with Crippen LogP contribution in [0.1, 0.15) is 33.3 Å². The van der Waals surface area contributed by atoms with Crippen LogP contribution in [0.5, 0.6) is 0 Å². The van der Waals surface area contributed by atoms with E-state index in [9.17, 15) is 0 Å². The Kier molecular flexibility index (Phi) is 5.33. The molecule has 0 aromatic heterocycles. The normalized spacial score (nSPS) is 11.6. The molecule has 0 spiro atoms. The van der Waals surface area contributed by atoms with Crippen molar-refractivity contribution >= 4 is 23.0 Å². The Morgan fingerprint density at radius 2 is 1.72 bits per heavy atom. The molecule has 1 rings (SSSR count). The van der Waals surface area contributed by atoms with Crippen molar-refractivity contribution in [2.24, 2.45) is 17.8 Å². The van der Waals surface area contributed by atoms with Gasteiger partial charge in [0.05, 0.1) is 10.7 Å². The van der Waals surface area contributed by atoms with Crippen LogP contribution in [0.15, 0.2) is 12.1 Å². The van der Waals surface area contributed by atoms with E-state index in [2.05, 4.69) is 39.9 Å². The lowest BCUT2D eigenvalue weighted by molar-refractivity contribution is 0.304. The summed E-state index contributed by atoms with van der Waals surface area (Å²) in [6.45, 7) is 12.1. The number of nitrogens with one attached hydrogen (secondary N) is 1. The average molecular weight is 269 g/mol. The summed E-state index contributed by atoms with van der Waals surface area (Å²) in [7, 11) is 0. The molecule has 0 atom stereocenters. The molecular formula is C15H25ClN2. The van der Waals surface area contributed by atoms with Crippen molar-refractivity contribution in [2.75, 3.05) is 17.6 Å². The minimum Gasteiger partial charge on any atom is -0.398 e. The van der Waals surface area contributed by atoms with Crippen molar-refractivity contribution in [3.63, 3.8) is 0 Å². The Bertz CT molecular complexity index is 392. The lowest BCUT2D eigenvalue weighted by Crippen LogP contribution is -2.24. The van der Waals surface area contributed by atoms with Crippen LogP contribution in [0.3, 0.4) is 0 Å². The van der Waals surface area contributed by atoms with Gasteiger partial charge in [-0.15, -0.1) is 0 Å². The zero-order valence-electron chi connectivity index (χ0n) is 12.0. The molecule has 0 radical (unpaired) electrons. The summed E-state index contributed by atoms with van der Waals surface area (Å²) in [6.07, 6.45) is 0. The molecule has 2 nitrogen and oxygen atoms in total. The van der Waals surface area contributed by atoms with Gasteiger partial charge >= 0.3 is 0 Å². The Morgan fingerprint density at radius 3 is 2.22 bits per heavy atom. The van der Waals surface area contributed by atoms with Gasteiger partial charge in [-0.05, 0) is 42.4 Å². The minimum atomic E-state index is 0.619. The first-order valence-electron chi connectivity index (χ1n) is 6.62. The van der Waals surface area contributed by atoms with Gasteiger partial charge < -0.3 is 11.1 Å². The second-order valence-electron chi connectivity index (χ2n) is 5.72. The lowest BCUT2D eigenvalue weighted by atomic mass is 9.85. The molecule has 102 valence electrons. The fourth-order valence-electron chi connectivity index (χ4n) is 2.36. The number of nitrogen functional groups attached to an aromatic ring is 1. The summed E-state index contributed by atoms with van der Waals surface area (Å²) < 4.78 is 0. The highest BCUT2D eigenvalue weighted by atomic mass is 35.5. The zero-order valence-corrected chi connectivity index (χ0v) is 12.8. The highest BCUT2D eigenvalue weighted by molar-refractivity contribution is 6.33. The summed E-state index contributed by atoms with van der Waals surface area (Å²) in [5.41, 5.74) is 8.65. The van der Waals surface area contributed by atoms with E-state index >= 15 is 0 Å². The number of nitrogens with two attached hydrogens (primary N) is 1. The number of hydrogen-bond donors (Lipinski definition) is 2. The van der Waals surface area contributed by atoms with Gasteiger partial charge in [-0.1, -0.05) is 39.3 Å². The Labute approximate surface area is 116 Å². The SMILES string of the molecule is Cc1cc(N)c(Cl)cc1NCC(C(C)C)C(C)C. The van der Waals surface area contributed by atoms with Crippen molar-refractivity contribution in [3.8, 4) is 0 Å². The molecule has 3 heteroatoms. The van der Waals surface area contributed by atoms with E-state index in [1.165, 1.54) is 0 Å². The number of rotatable bonds is 5. The largest absolute Gasteiger partial charge is 0.398 e. The number of halogens is 1. The maximum atomic E-state index is 6.06. The van der Waals surface area contributed by atoms with Crippen LogP contribution in [0.2, 0.25) is 5.02 Å². The molecule has 0 saturated carbocycles. The van der Waals surface area contributed by atoms with Crippen molar-refractivity contribution in [2.45, 2.75) is 34.6 Å². The van der Waals surface area contributed by atoms with Crippen molar-refractivity contribution < 1.29 is 0 Å². The zero-order chi connectivity index (χ0) is 13.9. The predicted molar refractivity (Wildman–Crippen MR) is 82.3 cm³/mol. The molecule has 0 saturated heterocycles. The third kappa shape index (κ3) is 3.81. The quantitative estimate of drug-likeness (QED) is 0.768. The topological polar surface area (TPSA) is 38.0 Å². The van der Waals surface area contributed by atoms with Crippen LogP contribution in [-0.4, -0.2) is 6.54 Å². The van der Waals surface area contributed by atoms with E-state index in [0.717, 1.165) is 17.8 Å². The predicted octanol–water partition coefficient (Wildman–Crippen LogP) is 4.57. The molecule has 0 aliphatic heterocycles. The van der Waals surface area contributed by atoms with E-state index in [-0.39, 0.29) is 0 Å². The van der Waals surface area contributed by atoms with E-state index < -0.39 is 0 Å². The molecule has 0 amide bonds. The number of hydrogen-bond acceptors (Lipinski definition) is 2. The monoisotopic (exact) mass is 268 g/mol. The fraction of sp³-hybridized carbons (Fsp3) is 0.600. The molecule has 1 aromatic rings. The van der Waals surface area contributed by atoms with Crippen molar-refractivity contribution in [1.29, 1.82) is 0 Å². The molecule has 0 bridgehead atoms. The molecule has 0 aliphatic carbocycles. The van der Waals surface area contributed by atoms with Gasteiger partial charge in [0.25, 0.3) is 0 Å². The molecule has 18 heavy (non-hydrogen) atoms. The first-order chi connectivity index (χ1) is 8.32. The van der Waals surface area contributed by atoms with Crippen LogP contribution < -0.4 is 11.1 Å². The lowest BCUT2D eigenvalue weighted by Gasteiger charge is -2.26. The standard InChI is InChI=1S/C15H25ClN2/c1-9(2)12(10(3)4)8-18-15-7-13(16)14(17)6-11(15)5/h6-7,9-10,12,18H,8,17H2,1-5H3. The highest BCUT2D eigenvalue weighted by Crippen LogP contribution is 2.28. The Balaban J connectivity index is 2.76. The third-order valence-corrected chi connectivity index (χ3v) is 3.91. The first-order valence-corrected chi connectivity index (χ1v) is 7.00. The van der Waals surface area contributed by atoms with Gasteiger partial charge in [0, 0.05) is 12.2 Å². The molecule has 0 fully saturated rings. The third-order valence-electron chi connectivity index (χ3n) is 3.58. The summed E-state index contributed by atoms with van der Waals surface area (Å²) in [5.74, 6) is 1.99. The summed E-state index contributed by atoms with van der Waals surface area (Å²) in [5, 5.41) is 4.12. The van der Waals surface area contributed by atoms with E-state index in [0.29, 0.717) is 28.5 Å². The number of anilines is 2. The van der Waals surface area contributed by atoms with Gasteiger partial charge in [0.1, 0.15) is 0 Å². The molecule has 1 aromatic carbocycles. The molecule has 3 N–H and O–H groups in total. The Hall–Kier alpha value is -0.890. The second-order valence-corrected chi connectivity index (χ2v) is 6.13. The number of benzene rings is 1. The van der Waals surface area contributed by atoms with Gasteiger partial charge in [-0.3, -0.25) is 0 Å². The summed E-state index contributed by atoms with van der Waals surface area (Å²) in [6, 6.07) is 3.84. The Morgan fingerprint density at radius 1 is 1.17 bits per heavy atom. The van der Waals surface area contributed by atoms with E-state index in [1.807, 2.05) is 12.1 Å². The van der Waals surface area contributed by atoms with Crippen molar-refractivity contribution in [3.05, 3.63) is 22.7 Å². The van der Waals surface area contributed by atoms with Crippen molar-refractivity contribution in [1.82, 2.24) is 0 Å². The summed E-state index contributed by atoms with van der Waals surface area (Å²) in [4.78, 5) is 0. The van der Waals surface area contributed by atoms with Crippen LogP contribution in [0, 0.1) is 24.7 Å². The van der Waals surface area contributed by atoms with Gasteiger partial charge in [0.15, 0.2) is 0 Å². The molecule has 0 heterocycles. The van der Waals surface area contributed by atoms with Crippen LogP contribution in [0.25, 0.3) is 0 Å². The fourth-order valence-corrected chi connectivity index (χ4v) is 2.53. The van der Waals surface area contributed by atoms with Crippen LogP contribution in [0.4, 0.5) is 11.4 Å².